The fourth-order valence-corrected chi connectivity index (χ4v) is 1.82. The molecule has 0 saturated heterocycles. The highest BCUT2D eigenvalue weighted by Gasteiger charge is 2.64. The van der Waals surface area contributed by atoms with E-state index in [9.17, 15) is 22.8 Å². The van der Waals surface area contributed by atoms with Crippen LogP contribution in [0.25, 0.3) is 0 Å². The second-order valence-corrected chi connectivity index (χ2v) is 5.39. The number of ether oxygens (including phenoxy) is 2. The van der Waals surface area contributed by atoms with E-state index in [-0.39, 0.29) is 12.4 Å². The molecule has 0 aliphatic carbocycles. The topological polar surface area (TPSA) is 89.5 Å². The fraction of sp³-hybridized carbons (Fsp3) is 0.533. The smallest absolute Gasteiger partial charge is 0.442 e. The van der Waals surface area contributed by atoms with Gasteiger partial charge in [-0.3, -0.25) is 5.32 Å². The molecule has 1 unspecified atom stereocenters. The van der Waals surface area contributed by atoms with Gasteiger partial charge in [-0.2, -0.15) is 13.2 Å². The Bertz CT molecular complexity index is 622. The first-order chi connectivity index (χ1) is 11.5. The second kappa shape index (κ2) is 8.04. The van der Waals surface area contributed by atoms with Gasteiger partial charge in [0.1, 0.15) is 5.82 Å². The van der Waals surface area contributed by atoms with Crippen molar-refractivity contribution in [2.45, 2.75) is 45.6 Å². The minimum Gasteiger partial charge on any atom is -0.463 e. The lowest BCUT2D eigenvalue weighted by Gasteiger charge is -2.34. The van der Waals surface area contributed by atoms with E-state index < -0.39 is 30.0 Å². The van der Waals surface area contributed by atoms with Crippen LogP contribution in [0.2, 0.25) is 0 Å². The highest BCUT2D eigenvalue weighted by atomic mass is 19.4. The van der Waals surface area contributed by atoms with E-state index in [0.717, 1.165) is 0 Å². The van der Waals surface area contributed by atoms with E-state index in [0.29, 0.717) is 5.56 Å². The van der Waals surface area contributed by atoms with Gasteiger partial charge in [-0.1, -0.05) is 0 Å². The zero-order valence-corrected chi connectivity index (χ0v) is 14.2. The van der Waals surface area contributed by atoms with E-state index in [1.807, 2.05) is 5.32 Å². The van der Waals surface area contributed by atoms with Crippen molar-refractivity contribution in [3.63, 3.8) is 0 Å². The number of aromatic nitrogens is 1. The van der Waals surface area contributed by atoms with Crippen LogP contribution >= 0.6 is 0 Å². The van der Waals surface area contributed by atoms with E-state index >= 15 is 0 Å². The Morgan fingerprint density at radius 3 is 2.44 bits per heavy atom. The maximum atomic E-state index is 13.8. The Morgan fingerprint density at radius 2 is 1.96 bits per heavy atom. The highest BCUT2D eigenvalue weighted by Crippen LogP contribution is 2.33. The molecule has 1 rings (SSSR count). The zero-order chi connectivity index (χ0) is 19.3. The summed E-state index contributed by atoms with van der Waals surface area (Å²) in [4.78, 5) is 27.6. The predicted octanol–water partition coefficient (Wildman–Crippen LogP) is 2.76. The molecule has 140 valence electrons. The summed E-state index contributed by atoms with van der Waals surface area (Å²) in [5.41, 5.74) is -2.95. The Kier molecular flexibility index (Phi) is 6.60. The summed E-state index contributed by atoms with van der Waals surface area (Å²) in [6.45, 7) is 5.56. The van der Waals surface area contributed by atoms with Gasteiger partial charge >= 0.3 is 23.9 Å². The standard InChI is InChI=1S/C15H20F3N3O4/c1-5-24-12(22)14(15(16,17)18,21-13(23)25-9(2)3)20-11-8-10(4)6-7-19-11/h6-9H,5H2,1-4H3,(H,19,20)(H,21,23). The van der Waals surface area contributed by atoms with Crippen molar-refractivity contribution in [1.82, 2.24) is 10.3 Å². The number of carbonyl (C=O) groups is 2. The maximum absolute atomic E-state index is 13.8. The van der Waals surface area contributed by atoms with Crippen molar-refractivity contribution in [3.05, 3.63) is 23.9 Å². The van der Waals surface area contributed by atoms with Crippen molar-refractivity contribution in [2.24, 2.45) is 0 Å². The zero-order valence-electron chi connectivity index (χ0n) is 14.2. The molecule has 1 aromatic heterocycles. The predicted molar refractivity (Wildman–Crippen MR) is 82.8 cm³/mol. The average Bonchev–Trinajstić information content (AvgIpc) is 2.44. The van der Waals surface area contributed by atoms with Crippen LogP contribution in [-0.2, 0) is 14.3 Å². The van der Waals surface area contributed by atoms with Crippen LogP contribution in [0.15, 0.2) is 18.3 Å². The number of pyridine rings is 1. The lowest BCUT2D eigenvalue weighted by molar-refractivity contribution is -0.205. The van der Waals surface area contributed by atoms with Gasteiger partial charge in [-0.05, 0) is 45.4 Å². The van der Waals surface area contributed by atoms with Crippen LogP contribution in [0.4, 0.5) is 23.8 Å². The summed E-state index contributed by atoms with van der Waals surface area (Å²) in [5.74, 6) is -2.00. The molecule has 1 aromatic rings. The number of halogens is 3. The summed E-state index contributed by atoms with van der Waals surface area (Å²) >= 11 is 0. The molecule has 1 atom stereocenters. The van der Waals surface area contributed by atoms with Crippen LogP contribution in [0.5, 0.6) is 0 Å². The van der Waals surface area contributed by atoms with Gasteiger partial charge in [0.25, 0.3) is 0 Å². The van der Waals surface area contributed by atoms with Crippen LogP contribution in [-0.4, -0.2) is 41.6 Å². The molecule has 0 aliphatic heterocycles. The number of alkyl halides is 3. The SMILES string of the molecule is CCOC(=O)C(NC(=O)OC(C)C)(Nc1cc(C)ccn1)C(F)(F)F. The molecule has 7 nitrogen and oxygen atoms in total. The van der Waals surface area contributed by atoms with Crippen molar-refractivity contribution in [2.75, 3.05) is 11.9 Å². The van der Waals surface area contributed by atoms with Gasteiger partial charge in [0.15, 0.2) is 0 Å². The number of amides is 1. The molecular formula is C15H20F3N3O4. The molecule has 2 N–H and O–H groups in total. The summed E-state index contributed by atoms with van der Waals surface area (Å²) in [6, 6.07) is 2.85. The number of anilines is 1. The van der Waals surface area contributed by atoms with Crippen LogP contribution in [0, 0.1) is 6.92 Å². The number of carbonyl (C=O) groups excluding carboxylic acids is 2. The Labute approximate surface area is 142 Å². The Balaban J connectivity index is 3.33. The Morgan fingerprint density at radius 1 is 1.32 bits per heavy atom. The number of aryl methyl sites for hydroxylation is 1. The number of esters is 1. The fourth-order valence-electron chi connectivity index (χ4n) is 1.82. The van der Waals surface area contributed by atoms with Gasteiger partial charge in [-0.15, -0.1) is 0 Å². The first-order valence-corrected chi connectivity index (χ1v) is 7.45. The van der Waals surface area contributed by atoms with Gasteiger partial charge in [0, 0.05) is 6.20 Å². The minimum atomic E-state index is -5.24. The monoisotopic (exact) mass is 363 g/mol. The second-order valence-electron chi connectivity index (χ2n) is 5.39. The van der Waals surface area contributed by atoms with E-state index in [1.54, 1.807) is 18.3 Å². The summed E-state index contributed by atoms with van der Waals surface area (Å²) < 4.78 is 50.5. The molecule has 1 amide bonds. The van der Waals surface area contributed by atoms with Gasteiger partial charge < -0.3 is 14.8 Å². The average molecular weight is 363 g/mol. The first-order valence-electron chi connectivity index (χ1n) is 7.45. The van der Waals surface area contributed by atoms with Gasteiger partial charge in [0.05, 0.1) is 12.7 Å². The van der Waals surface area contributed by atoms with E-state index in [1.165, 1.54) is 33.0 Å². The molecule has 0 fully saturated rings. The molecule has 0 aromatic carbocycles. The molecule has 0 spiro atoms. The number of nitrogens with one attached hydrogen (secondary N) is 2. The van der Waals surface area contributed by atoms with Gasteiger partial charge in [-0.25, -0.2) is 14.6 Å². The summed E-state index contributed by atoms with van der Waals surface area (Å²) in [5, 5.41) is 3.48. The molecule has 1 heterocycles. The minimum absolute atomic E-state index is 0.268. The molecule has 0 radical (unpaired) electrons. The lowest BCUT2D eigenvalue weighted by atomic mass is 10.1. The molecule has 0 saturated carbocycles. The van der Waals surface area contributed by atoms with Crippen LogP contribution in [0.1, 0.15) is 26.3 Å². The molecule has 10 heteroatoms. The third kappa shape index (κ3) is 5.23. The number of hydrogen-bond acceptors (Lipinski definition) is 6. The molecular weight excluding hydrogens is 343 g/mol. The Hall–Kier alpha value is -2.52. The highest BCUT2D eigenvalue weighted by molar-refractivity contribution is 5.89. The summed E-state index contributed by atoms with van der Waals surface area (Å²) in [6.07, 6.45) is -6.09. The van der Waals surface area contributed by atoms with E-state index in [2.05, 4.69) is 14.5 Å². The molecule has 0 aliphatic rings. The van der Waals surface area contributed by atoms with Crippen molar-refractivity contribution < 1.29 is 32.2 Å². The van der Waals surface area contributed by atoms with Gasteiger partial charge in [0.2, 0.25) is 0 Å². The molecule has 25 heavy (non-hydrogen) atoms. The third-order valence-electron chi connectivity index (χ3n) is 2.87. The number of rotatable bonds is 6. The quantitative estimate of drug-likeness (QED) is 0.597. The van der Waals surface area contributed by atoms with E-state index in [4.69, 9.17) is 0 Å². The first kappa shape index (κ1) is 20.5. The normalized spacial score (nSPS) is 13.8. The van der Waals surface area contributed by atoms with Crippen molar-refractivity contribution in [3.8, 4) is 0 Å². The third-order valence-corrected chi connectivity index (χ3v) is 2.87. The van der Waals surface area contributed by atoms with Crippen molar-refractivity contribution >= 4 is 17.9 Å². The molecule has 0 bridgehead atoms. The van der Waals surface area contributed by atoms with Crippen LogP contribution < -0.4 is 10.6 Å². The summed E-state index contributed by atoms with van der Waals surface area (Å²) in [7, 11) is 0. The largest absolute Gasteiger partial charge is 0.463 e. The number of hydrogen-bond donors (Lipinski definition) is 2. The van der Waals surface area contributed by atoms with Crippen molar-refractivity contribution in [1.29, 1.82) is 0 Å². The van der Waals surface area contributed by atoms with Crippen LogP contribution in [0.3, 0.4) is 0 Å². The number of alkyl carbamates (subject to hydrolysis) is 1. The lowest BCUT2D eigenvalue weighted by Crippen LogP contribution is -2.69. The maximum Gasteiger partial charge on any atom is 0.442 e. The number of nitrogens with zero attached hydrogens (tertiary/aromatic N) is 1.